The van der Waals surface area contributed by atoms with Crippen LogP contribution in [0.15, 0.2) is 48.7 Å². The summed E-state index contributed by atoms with van der Waals surface area (Å²) in [7, 11) is 0. The van der Waals surface area contributed by atoms with Crippen molar-refractivity contribution in [1.29, 1.82) is 0 Å². The van der Waals surface area contributed by atoms with Crippen LogP contribution >= 0.6 is 0 Å². The van der Waals surface area contributed by atoms with Gasteiger partial charge >= 0.3 is 0 Å². The van der Waals surface area contributed by atoms with Crippen molar-refractivity contribution in [2.45, 2.75) is 46.2 Å². The molecule has 5 nitrogen and oxygen atoms in total. The Morgan fingerprint density at radius 3 is 2.31 bits per heavy atom. The predicted octanol–water partition coefficient (Wildman–Crippen LogP) is 4.64. The fourth-order valence-corrected chi connectivity index (χ4v) is 3.72. The van der Waals surface area contributed by atoms with Crippen molar-refractivity contribution in [3.63, 3.8) is 0 Å². The summed E-state index contributed by atoms with van der Waals surface area (Å²) >= 11 is 0. The molecule has 32 heavy (non-hydrogen) atoms. The number of aromatic nitrogens is 1. The van der Waals surface area contributed by atoms with E-state index < -0.39 is 5.82 Å². The van der Waals surface area contributed by atoms with E-state index in [0.717, 1.165) is 29.5 Å². The fourth-order valence-electron chi connectivity index (χ4n) is 3.72. The zero-order chi connectivity index (χ0) is 22.8. The van der Waals surface area contributed by atoms with Crippen molar-refractivity contribution < 1.29 is 14.0 Å². The highest BCUT2D eigenvalue weighted by molar-refractivity contribution is 5.96. The summed E-state index contributed by atoms with van der Waals surface area (Å²) in [5.74, 6) is -0.973. The number of hydrogen-bond donors (Lipinski definition) is 2. The van der Waals surface area contributed by atoms with E-state index in [2.05, 4.69) is 21.7 Å². The number of halogens is 1. The highest BCUT2D eigenvalue weighted by Gasteiger charge is 2.24. The van der Waals surface area contributed by atoms with E-state index in [9.17, 15) is 14.0 Å². The standard InChI is InChI=1S/C26H26FN3O2/c1-15-8-16(2)10-18(9-15)13-29-25(31)19-4-7-24(28-14-19)22-11-20(12-23(27)17(22)3)26(32)30-21-5-6-21/h4,7-12,14,21H,5-6,13H2,1-3H3,(H,29,31)(H,30,32). The molecule has 0 saturated heterocycles. The maximum Gasteiger partial charge on any atom is 0.253 e. The molecule has 3 aromatic rings. The maximum atomic E-state index is 14.5. The predicted molar refractivity (Wildman–Crippen MR) is 122 cm³/mol. The summed E-state index contributed by atoms with van der Waals surface area (Å²) in [5, 5.41) is 5.78. The van der Waals surface area contributed by atoms with Gasteiger partial charge in [0.25, 0.3) is 11.8 Å². The molecule has 1 aliphatic rings. The molecule has 0 bridgehead atoms. The quantitative estimate of drug-likeness (QED) is 0.598. The number of nitrogens with zero attached hydrogens (tertiary/aromatic N) is 1. The topological polar surface area (TPSA) is 71.1 Å². The van der Waals surface area contributed by atoms with Crippen LogP contribution in [0.25, 0.3) is 11.3 Å². The molecule has 1 aliphatic carbocycles. The Balaban J connectivity index is 1.49. The Hall–Kier alpha value is -3.54. The molecule has 164 valence electrons. The SMILES string of the molecule is Cc1cc(C)cc(CNC(=O)c2ccc(-c3cc(C(=O)NC4CC4)cc(F)c3C)nc2)c1. The molecular weight excluding hydrogens is 405 g/mol. The number of carbonyl (C=O) groups excluding carboxylic acids is 2. The van der Waals surface area contributed by atoms with Gasteiger partial charge in [-0.15, -0.1) is 0 Å². The minimum absolute atomic E-state index is 0.190. The van der Waals surface area contributed by atoms with Gasteiger partial charge in [-0.05, 0) is 69.0 Å². The first-order chi connectivity index (χ1) is 15.3. The molecule has 0 atom stereocenters. The molecular formula is C26H26FN3O2. The third kappa shape index (κ3) is 5.02. The normalized spacial score (nSPS) is 13.0. The van der Waals surface area contributed by atoms with Crippen molar-refractivity contribution in [3.05, 3.63) is 87.9 Å². The minimum atomic E-state index is -0.458. The number of pyridine rings is 1. The maximum absolute atomic E-state index is 14.5. The number of aryl methyl sites for hydroxylation is 2. The number of hydrogen-bond acceptors (Lipinski definition) is 3. The number of benzene rings is 2. The van der Waals surface area contributed by atoms with Crippen LogP contribution in [0.4, 0.5) is 4.39 Å². The molecule has 1 aromatic heterocycles. The highest BCUT2D eigenvalue weighted by Crippen LogP contribution is 2.27. The number of rotatable bonds is 6. The van der Waals surface area contributed by atoms with Gasteiger partial charge in [-0.3, -0.25) is 14.6 Å². The van der Waals surface area contributed by atoms with E-state index >= 15 is 0 Å². The lowest BCUT2D eigenvalue weighted by molar-refractivity contribution is 0.0942. The Labute approximate surface area is 187 Å². The van der Waals surface area contributed by atoms with Crippen LogP contribution in [-0.4, -0.2) is 22.8 Å². The highest BCUT2D eigenvalue weighted by atomic mass is 19.1. The average Bonchev–Trinajstić information content (AvgIpc) is 3.57. The molecule has 2 amide bonds. The Morgan fingerprint density at radius 2 is 1.69 bits per heavy atom. The lowest BCUT2D eigenvalue weighted by Gasteiger charge is -2.11. The summed E-state index contributed by atoms with van der Waals surface area (Å²) in [4.78, 5) is 29.3. The van der Waals surface area contributed by atoms with Gasteiger partial charge < -0.3 is 10.6 Å². The first kappa shape index (κ1) is 21.7. The summed E-state index contributed by atoms with van der Waals surface area (Å²) in [6.07, 6.45) is 3.39. The van der Waals surface area contributed by atoms with Crippen LogP contribution in [0.3, 0.4) is 0 Å². The van der Waals surface area contributed by atoms with Gasteiger partial charge in [0, 0.05) is 29.9 Å². The first-order valence-corrected chi connectivity index (χ1v) is 10.7. The summed E-state index contributed by atoms with van der Waals surface area (Å²) < 4.78 is 14.5. The first-order valence-electron chi connectivity index (χ1n) is 10.7. The molecule has 0 radical (unpaired) electrons. The van der Waals surface area contributed by atoms with Gasteiger partial charge in [0.15, 0.2) is 0 Å². The third-order valence-corrected chi connectivity index (χ3v) is 5.56. The molecule has 6 heteroatoms. The summed E-state index contributed by atoms with van der Waals surface area (Å²) in [5.41, 5.74) is 5.47. The second-order valence-electron chi connectivity index (χ2n) is 8.49. The monoisotopic (exact) mass is 431 g/mol. The van der Waals surface area contributed by atoms with Crippen molar-refractivity contribution >= 4 is 11.8 Å². The fraction of sp³-hybridized carbons (Fsp3) is 0.269. The van der Waals surface area contributed by atoms with Crippen LogP contribution in [0, 0.1) is 26.6 Å². The van der Waals surface area contributed by atoms with Gasteiger partial charge in [-0.25, -0.2) is 4.39 Å². The molecule has 0 aliphatic heterocycles. The largest absolute Gasteiger partial charge is 0.349 e. The average molecular weight is 432 g/mol. The van der Waals surface area contributed by atoms with Crippen molar-refractivity contribution in [1.82, 2.24) is 15.6 Å². The van der Waals surface area contributed by atoms with Gasteiger partial charge in [0.1, 0.15) is 5.82 Å². The minimum Gasteiger partial charge on any atom is -0.349 e. The van der Waals surface area contributed by atoms with E-state index in [-0.39, 0.29) is 23.4 Å². The molecule has 1 heterocycles. The summed E-state index contributed by atoms with van der Waals surface area (Å²) in [6.45, 7) is 6.12. The Morgan fingerprint density at radius 1 is 0.969 bits per heavy atom. The summed E-state index contributed by atoms with van der Waals surface area (Å²) in [6, 6.07) is 12.6. The molecule has 1 saturated carbocycles. The van der Waals surface area contributed by atoms with E-state index in [1.165, 1.54) is 12.3 Å². The second-order valence-corrected chi connectivity index (χ2v) is 8.49. The Kier molecular flexibility index (Phi) is 6.04. The van der Waals surface area contributed by atoms with Gasteiger partial charge in [0.05, 0.1) is 11.3 Å². The molecule has 4 rings (SSSR count). The van der Waals surface area contributed by atoms with E-state index in [1.807, 2.05) is 26.0 Å². The number of nitrogens with one attached hydrogen (secondary N) is 2. The van der Waals surface area contributed by atoms with E-state index in [0.29, 0.717) is 28.9 Å². The van der Waals surface area contributed by atoms with Crippen LogP contribution in [0.5, 0.6) is 0 Å². The smallest absolute Gasteiger partial charge is 0.253 e. The lowest BCUT2D eigenvalue weighted by atomic mass is 10.00. The number of carbonyl (C=O) groups is 2. The third-order valence-electron chi connectivity index (χ3n) is 5.56. The van der Waals surface area contributed by atoms with Crippen LogP contribution in [-0.2, 0) is 6.54 Å². The van der Waals surface area contributed by atoms with Crippen LogP contribution < -0.4 is 10.6 Å². The second kappa shape index (κ2) is 8.91. The zero-order valence-electron chi connectivity index (χ0n) is 18.5. The van der Waals surface area contributed by atoms with Crippen molar-refractivity contribution in [2.75, 3.05) is 0 Å². The van der Waals surface area contributed by atoms with Crippen molar-refractivity contribution in [3.8, 4) is 11.3 Å². The van der Waals surface area contributed by atoms with E-state index in [4.69, 9.17) is 0 Å². The van der Waals surface area contributed by atoms with Gasteiger partial charge in [-0.2, -0.15) is 0 Å². The van der Waals surface area contributed by atoms with Gasteiger partial charge in [-0.1, -0.05) is 29.3 Å². The Bertz CT molecular complexity index is 1160. The van der Waals surface area contributed by atoms with Crippen LogP contribution in [0.2, 0.25) is 0 Å². The zero-order valence-corrected chi connectivity index (χ0v) is 18.5. The molecule has 2 N–H and O–H groups in total. The van der Waals surface area contributed by atoms with Crippen LogP contribution in [0.1, 0.15) is 55.8 Å². The van der Waals surface area contributed by atoms with Crippen molar-refractivity contribution in [2.24, 2.45) is 0 Å². The molecule has 0 spiro atoms. The van der Waals surface area contributed by atoms with Gasteiger partial charge in [0.2, 0.25) is 0 Å². The molecule has 2 aromatic carbocycles. The lowest BCUT2D eigenvalue weighted by Crippen LogP contribution is -2.25. The number of amides is 2. The van der Waals surface area contributed by atoms with E-state index in [1.54, 1.807) is 25.1 Å². The molecule has 1 fully saturated rings. The molecule has 0 unspecified atom stereocenters.